The summed E-state index contributed by atoms with van der Waals surface area (Å²) in [7, 11) is 0. The van der Waals surface area contributed by atoms with Gasteiger partial charge in [-0.3, -0.25) is 4.90 Å². The highest BCUT2D eigenvalue weighted by Crippen LogP contribution is 2.28. The van der Waals surface area contributed by atoms with Gasteiger partial charge in [0, 0.05) is 37.1 Å². The molecule has 3 aromatic rings. The van der Waals surface area contributed by atoms with Crippen molar-refractivity contribution >= 4 is 11.6 Å². The smallest absolute Gasteiger partial charge is 0.227 e. The zero-order valence-electron chi connectivity index (χ0n) is 19.7. The number of nitrogens with one attached hydrogen (secondary N) is 2. The molecule has 2 N–H and O–H groups in total. The van der Waals surface area contributed by atoms with Crippen LogP contribution >= 0.6 is 0 Å². The zero-order valence-corrected chi connectivity index (χ0v) is 19.7. The molecular formula is C27H30N6O2. The first kappa shape index (κ1) is 23.2. The van der Waals surface area contributed by atoms with Gasteiger partial charge < -0.3 is 20.1 Å². The standard InChI is InChI=1S/C27H30N6O2/c28-18-22-17-21(3-6-26(22)35-24-7-10-29-11-8-24)25-9-12-30-27(32-25)31-23-4-1-20(2-5-23)19-33-13-15-34-16-14-33/h1-6,9,12,17,24,29H,7-8,10-11,13-16,19H2,(H,30,31,32). The van der Waals surface area contributed by atoms with Gasteiger partial charge in [0.05, 0.1) is 24.5 Å². The Hall–Kier alpha value is -3.51. The van der Waals surface area contributed by atoms with Crippen LogP contribution in [0.2, 0.25) is 0 Å². The highest BCUT2D eigenvalue weighted by molar-refractivity contribution is 5.65. The Morgan fingerprint density at radius 3 is 2.66 bits per heavy atom. The molecule has 2 saturated heterocycles. The Balaban J connectivity index is 1.26. The van der Waals surface area contributed by atoms with Gasteiger partial charge >= 0.3 is 0 Å². The van der Waals surface area contributed by atoms with Gasteiger partial charge in [0.15, 0.2) is 0 Å². The summed E-state index contributed by atoms with van der Waals surface area (Å²) in [6.07, 6.45) is 3.76. The number of morpholine rings is 1. The average molecular weight is 471 g/mol. The molecular weight excluding hydrogens is 440 g/mol. The topological polar surface area (TPSA) is 95.3 Å². The van der Waals surface area contributed by atoms with Crippen molar-refractivity contribution in [2.75, 3.05) is 44.7 Å². The number of aromatic nitrogens is 2. The second-order valence-electron chi connectivity index (χ2n) is 8.87. The van der Waals surface area contributed by atoms with Crippen molar-refractivity contribution < 1.29 is 9.47 Å². The fraction of sp³-hybridized carbons (Fsp3) is 0.370. The molecule has 0 radical (unpaired) electrons. The van der Waals surface area contributed by atoms with Crippen LogP contribution in [-0.2, 0) is 11.3 Å². The lowest BCUT2D eigenvalue weighted by Crippen LogP contribution is -2.35. The number of rotatable bonds is 7. The fourth-order valence-corrected chi connectivity index (χ4v) is 4.39. The third-order valence-corrected chi connectivity index (χ3v) is 6.35. The molecule has 2 aliphatic rings. The molecule has 0 saturated carbocycles. The Kier molecular flexibility index (Phi) is 7.49. The van der Waals surface area contributed by atoms with Crippen LogP contribution < -0.4 is 15.4 Å². The van der Waals surface area contributed by atoms with E-state index >= 15 is 0 Å². The van der Waals surface area contributed by atoms with Gasteiger partial charge in [-0.15, -0.1) is 0 Å². The van der Waals surface area contributed by atoms with Crippen molar-refractivity contribution in [2.24, 2.45) is 0 Å². The van der Waals surface area contributed by atoms with Gasteiger partial charge in [-0.25, -0.2) is 9.97 Å². The van der Waals surface area contributed by atoms with Crippen LogP contribution in [0.15, 0.2) is 54.7 Å². The van der Waals surface area contributed by atoms with Gasteiger partial charge in [-0.2, -0.15) is 5.26 Å². The largest absolute Gasteiger partial charge is 0.489 e. The molecule has 0 aliphatic carbocycles. The highest BCUT2D eigenvalue weighted by Gasteiger charge is 2.17. The second-order valence-corrected chi connectivity index (χ2v) is 8.87. The van der Waals surface area contributed by atoms with Crippen LogP contribution in [-0.4, -0.2) is 60.4 Å². The monoisotopic (exact) mass is 470 g/mol. The van der Waals surface area contributed by atoms with Crippen LogP contribution in [0.25, 0.3) is 11.3 Å². The number of nitrogens with zero attached hydrogens (tertiary/aromatic N) is 4. The maximum atomic E-state index is 9.70. The van der Waals surface area contributed by atoms with Crippen LogP contribution in [0.3, 0.4) is 0 Å². The second kappa shape index (κ2) is 11.3. The minimum atomic E-state index is 0.143. The minimum absolute atomic E-state index is 0.143. The maximum Gasteiger partial charge on any atom is 0.227 e. The van der Waals surface area contributed by atoms with Crippen molar-refractivity contribution in [3.63, 3.8) is 0 Å². The van der Waals surface area contributed by atoms with Gasteiger partial charge in [0.1, 0.15) is 17.9 Å². The molecule has 0 amide bonds. The quantitative estimate of drug-likeness (QED) is 0.540. The Labute approximate surface area is 205 Å². The van der Waals surface area contributed by atoms with Crippen LogP contribution in [0.1, 0.15) is 24.0 Å². The predicted molar refractivity (Wildman–Crippen MR) is 135 cm³/mol. The van der Waals surface area contributed by atoms with Crippen molar-refractivity contribution in [1.29, 1.82) is 5.26 Å². The molecule has 1 aromatic heterocycles. The Bertz CT molecular complexity index is 1170. The Morgan fingerprint density at radius 2 is 1.89 bits per heavy atom. The van der Waals surface area contributed by atoms with Crippen molar-refractivity contribution in [1.82, 2.24) is 20.2 Å². The van der Waals surface area contributed by atoms with E-state index in [-0.39, 0.29) is 6.10 Å². The first-order valence-electron chi connectivity index (χ1n) is 12.2. The number of benzene rings is 2. The summed E-state index contributed by atoms with van der Waals surface area (Å²) in [5.41, 5.74) is 4.31. The third-order valence-electron chi connectivity index (χ3n) is 6.35. The summed E-state index contributed by atoms with van der Waals surface area (Å²) in [5.74, 6) is 1.14. The molecule has 8 nitrogen and oxygen atoms in total. The van der Waals surface area contributed by atoms with E-state index in [4.69, 9.17) is 9.47 Å². The van der Waals surface area contributed by atoms with E-state index in [9.17, 15) is 5.26 Å². The van der Waals surface area contributed by atoms with Crippen molar-refractivity contribution in [2.45, 2.75) is 25.5 Å². The molecule has 35 heavy (non-hydrogen) atoms. The van der Waals surface area contributed by atoms with Crippen LogP contribution in [0.5, 0.6) is 5.75 Å². The third kappa shape index (κ3) is 6.14. The first-order chi connectivity index (χ1) is 17.3. The van der Waals surface area contributed by atoms with E-state index in [1.54, 1.807) is 6.20 Å². The maximum absolute atomic E-state index is 9.70. The number of piperidine rings is 1. The molecule has 0 unspecified atom stereocenters. The van der Waals surface area contributed by atoms with E-state index in [0.717, 1.165) is 75.7 Å². The first-order valence-corrected chi connectivity index (χ1v) is 12.2. The van der Waals surface area contributed by atoms with Gasteiger partial charge in [0.25, 0.3) is 0 Å². The molecule has 0 spiro atoms. The molecule has 2 fully saturated rings. The predicted octanol–water partition coefficient (Wildman–Crippen LogP) is 3.72. The van der Waals surface area contributed by atoms with Crippen molar-refractivity contribution in [3.8, 4) is 23.1 Å². The van der Waals surface area contributed by atoms with Crippen LogP contribution in [0.4, 0.5) is 11.6 Å². The summed E-state index contributed by atoms with van der Waals surface area (Å²) in [6.45, 7) is 6.36. The van der Waals surface area contributed by atoms with E-state index in [0.29, 0.717) is 17.3 Å². The number of hydrogen-bond donors (Lipinski definition) is 2. The summed E-state index contributed by atoms with van der Waals surface area (Å²) in [5, 5.41) is 16.3. The molecule has 3 heterocycles. The highest BCUT2D eigenvalue weighted by atomic mass is 16.5. The number of anilines is 2. The minimum Gasteiger partial charge on any atom is -0.489 e. The SMILES string of the molecule is N#Cc1cc(-c2ccnc(Nc3ccc(CN4CCOCC4)cc3)n2)ccc1OC1CCNCC1. The van der Waals surface area contributed by atoms with Crippen LogP contribution in [0, 0.1) is 11.3 Å². The number of hydrogen-bond acceptors (Lipinski definition) is 8. The summed E-state index contributed by atoms with van der Waals surface area (Å²) < 4.78 is 11.5. The molecule has 2 aliphatic heterocycles. The molecule has 5 rings (SSSR count). The van der Waals surface area contributed by atoms with E-state index < -0.39 is 0 Å². The van der Waals surface area contributed by atoms with E-state index in [2.05, 4.69) is 43.7 Å². The average Bonchev–Trinajstić information content (AvgIpc) is 2.91. The van der Waals surface area contributed by atoms with Gasteiger partial charge in [-0.1, -0.05) is 12.1 Å². The number of ether oxygens (including phenoxy) is 2. The van der Waals surface area contributed by atoms with Crippen molar-refractivity contribution in [3.05, 3.63) is 65.9 Å². The molecule has 0 bridgehead atoms. The molecule has 0 atom stereocenters. The lowest BCUT2D eigenvalue weighted by molar-refractivity contribution is 0.0342. The molecule has 180 valence electrons. The summed E-state index contributed by atoms with van der Waals surface area (Å²) >= 11 is 0. The van der Waals surface area contributed by atoms with E-state index in [1.807, 2.05) is 36.4 Å². The zero-order chi connectivity index (χ0) is 23.9. The molecule has 2 aromatic carbocycles. The summed E-state index contributed by atoms with van der Waals surface area (Å²) in [4.78, 5) is 11.4. The van der Waals surface area contributed by atoms with Gasteiger partial charge in [0.2, 0.25) is 5.95 Å². The van der Waals surface area contributed by atoms with Gasteiger partial charge in [-0.05, 0) is 67.9 Å². The normalized spacial score (nSPS) is 17.0. The molecule has 8 heteroatoms. The summed E-state index contributed by atoms with van der Waals surface area (Å²) in [6, 6.07) is 18.1. The lowest BCUT2D eigenvalue weighted by Gasteiger charge is -2.26. The fourth-order valence-electron chi connectivity index (χ4n) is 4.39. The Morgan fingerprint density at radius 1 is 1.09 bits per heavy atom. The van der Waals surface area contributed by atoms with E-state index in [1.165, 1.54) is 5.56 Å². The lowest BCUT2D eigenvalue weighted by atomic mass is 10.1. The number of nitriles is 1.